The molecule has 0 amide bonds. The Labute approximate surface area is 141 Å². The van der Waals surface area contributed by atoms with Crippen molar-refractivity contribution < 1.29 is 9.53 Å². The van der Waals surface area contributed by atoms with Crippen LogP contribution in [0.25, 0.3) is 0 Å². The summed E-state index contributed by atoms with van der Waals surface area (Å²) in [4.78, 5) is 21.6. The molecule has 0 aliphatic carbocycles. The summed E-state index contributed by atoms with van der Waals surface area (Å²) >= 11 is 0. The first-order valence-electron chi connectivity index (χ1n) is 8.39. The van der Waals surface area contributed by atoms with Gasteiger partial charge in [-0.25, -0.2) is 0 Å². The van der Waals surface area contributed by atoms with E-state index < -0.39 is 0 Å². The molecule has 5 nitrogen and oxygen atoms in total. The molecule has 2 aliphatic heterocycles. The monoisotopic (exact) mass is 323 g/mol. The first kappa shape index (κ1) is 15.1. The molecule has 5 heteroatoms. The molecule has 24 heavy (non-hydrogen) atoms. The van der Waals surface area contributed by atoms with Gasteiger partial charge in [0.15, 0.2) is 5.78 Å². The molecule has 1 saturated heterocycles. The zero-order valence-corrected chi connectivity index (χ0v) is 13.8. The number of hydrogen-bond donors (Lipinski definition) is 0. The van der Waals surface area contributed by atoms with Crippen LogP contribution in [0.1, 0.15) is 28.6 Å². The van der Waals surface area contributed by atoms with E-state index in [2.05, 4.69) is 27.9 Å². The van der Waals surface area contributed by atoms with Gasteiger partial charge < -0.3 is 14.5 Å². The lowest BCUT2D eigenvalue weighted by Crippen LogP contribution is -2.44. The van der Waals surface area contributed by atoms with Crippen molar-refractivity contribution in [1.29, 1.82) is 0 Å². The standard InChI is InChI=1S/C19H21N3O2/c1-21-8-10-22(11-9-21)14-5-6-18-15(12-14)17(23)13-19(24-18)16-4-2-3-7-20-16/h2-7,12,19H,8-11,13H2,1H3. The maximum absolute atomic E-state index is 12.6. The zero-order valence-electron chi connectivity index (χ0n) is 13.8. The molecule has 1 aromatic heterocycles. The van der Waals surface area contributed by atoms with E-state index in [0.29, 0.717) is 17.7 Å². The predicted molar refractivity (Wildman–Crippen MR) is 92.7 cm³/mol. The molecule has 0 bridgehead atoms. The molecule has 1 atom stereocenters. The fourth-order valence-corrected chi connectivity index (χ4v) is 3.30. The first-order valence-corrected chi connectivity index (χ1v) is 8.39. The number of pyridine rings is 1. The number of aromatic nitrogens is 1. The fourth-order valence-electron chi connectivity index (χ4n) is 3.30. The van der Waals surface area contributed by atoms with Gasteiger partial charge in [0.2, 0.25) is 0 Å². The summed E-state index contributed by atoms with van der Waals surface area (Å²) in [5.74, 6) is 0.794. The third kappa shape index (κ3) is 2.87. The molecular weight excluding hydrogens is 302 g/mol. The van der Waals surface area contributed by atoms with Crippen LogP contribution in [-0.2, 0) is 0 Å². The minimum Gasteiger partial charge on any atom is -0.483 e. The van der Waals surface area contributed by atoms with Gasteiger partial charge in [-0.05, 0) is 37.4 Å². The largest absolute Gasteiger partial charge is 0.483 e. The van der Waals surface area contributed by atoms with Gasteiger partial charge in [0.1, 0.15) is 11.9 Å². The Bertz CT molecular complexity index is 740. The molecule has 0 radical (unpaired) electrons. The fraction of sp³-hybridized carbons (Fsp3) is 0.368. The van der Waals surface area contributed by atoms with E-state index in [4.69, 9.17) is 4.74 Å². The van der Waals surface area contributed by atoms with Crippen LogP contribution in [0.5, 0.6) is 5.75 Å². The highest BCUT2D eigenvalue weighted by Crippen LogP contribution is 2.36. The summed E-state index contributed by atoms with van der Waals surface area (Å²) in [6, 6.07) is 11.7. The van der Waals surface area contributed by atoms with E-state index in [1.54, 1.807) is 6.20 Å². The Kier molecular flexibility index (Phi) is 3.94. The van der Waals surface area contributed by atoms with Crippen LogP contribution >= 0.6 is 0 Å². The number of fused-ring (bicyclic) bond motifs is 1. The molecule has 2 aliphatic rings. The van der Waals surface area contributed by atoms with Crippen molar-refractivity contribution in [2.75, 3.05) is 38.1 Å². The summed E-state index contributed by atoms with van der Waals surface area (Å²) in [7, 11) is 2.14. The van der Waals surface area contributed by atoms with Crippen molar-refractivity contribution in [2.24, 2.45) is 0 Å². The highest BCUT2D eigenvalue weighted by atomic mass is 16.5. The third-order valence-corrected chi connectivity index (χ3v) is 4.79. The Morgan fingerprint density at radius 2 is 1.96 bits per heavy atom. The van der Waals surface area contributed by atoms with Crippen LogP contribution in [0.2, 0.25) is 0 Å². The number of carbonyl (C=O) groups excluding carboxylic acids is 1. The molecule has 0 spiro atoms. The van der Waals surface area contributed by atoms with Gasteiger partial charge in [-0.1, -0.05) is 6.07 Å². The SMILES string of the molecule is CN1CCN(c2ccc3c(c2)C(=O)CC(c2ccccn2)O3)CC1. The van der Waals surface area contributed by atoms with Crippen LogP contribution in [-0.4, -0.2) is 48.9 Å². The van der Waals surface area contributed by atoms with Crippen molar-refractivity contribution in [1.82, 2.24) is 9.88 Å². The van der Waals surface area contributed by atoms with E-state index >= 15 is 0 Å². The lowest BCUT2D eigenvalue weighted by Gasteiger charge is -2.34. The Balaban J connectivity index is 1.58. The van der Waals surface area contributed by atoms with Gasteiger partial charge >= 0.3 is 0 Å². The van der Waals surface area contributed by atoms with Gasteiger partial charge in [0.05, 0.1) is 17.7 Å². The molecule has 4 rings (SSSR count). The molecular formula is C19H21N3O2. The van der Waals surface area contributed by atoms with Crippen molar-refractivity contribution in [3.8, 4) is 5.75 Å². The number of benzene rings is 1. The van der Waals surface area contributed by atoms with Crippen LogP contribution in [0.15, 0.2) is 42.6 Å². The van der Waals surface area contributed by atoms with Crippen LogP contribution < -0.4 is 9.64 Å². The van der Waals surface area contributed by atoms with Gasteiger partial charge in [0.25, 0.3) is 0 Å². The van der Waals surface area contributed by atoms with Crippen molar-refractivity contribution in [3.63, 3.8) is 0 Å². The normalized spacial score (nSPS) is 21.3. The summed E-state index contributed by atoms with van der Waals surface area (Å²) in [5.41, 5.74) is 2.60. The summed E-state index contributed by atoms with van der Waals surface area (Å²) in [6.07, 6.45) is 1.78. The van der Waals surface area contributed by atoms with Crippen molar-refractivity contribution in [3.05, 3.63) is 53.9 Å². The number of ketones is 1. The molecule has 0 saturated carbocycles. The Morgan fingerprint density at radius 1 is 1.12 bits per heavy atom. The maximum atomic E-state index is 12.6. The molecule has 2 aromatic rings. The van der Waals surface area contributed by atoms with E-state index in [1.807, 2.05) is 30.3 Å². The second kappa shape index (κ2) is 6.24. The zero-order chi connectivity index (χ0) is 16.5. The minimum absolute atomic E-state index is 0.128. The molecule has 0 N–H and O–H groups in total. The van der Waals surface area contributed by atoms with E-state index in [0.717, 1.165) is 37.6 Å². The second-order valence-corrected chi connectivity index (χ2v) is 6.46. The average molecular weight is 323 g/mol. The summed E-state index contributed by atoms with van der Waals surface area (Å²) < 4.78 is 6.04. The van der Waals surface area contributed by atoms with Gasteiger partial charge in [-0.3, -0.25) is 9.78 Å². The van der Waals surface area contributed by atoms with E-state index in [9.17, 15) is 4.79 Å². The van der Waals surface area contributed by atoms with Gasteiger partial charge in [0, 0.05) is 38.1 Å². The van der Waals surface area contributed by atoms with Crippen molar-refractivity contribution in [2.45, 2.75) is 12.5 Å². The first-order chi connectivity index (χ1) is 11.7. The highest BCUT2D eigenvalue weighted by molar-refractivity contribution is 6.00. The summed E-state index contributed by atoms with van der Waals surface area (Å²) in [6.45, 7) is 4.06. The number of rotatable bonds is 2. The molecule has 1 unspecified atom stereocenters. The van der Waals surface area contributed by atoms with Crippen LogP contribution in [0, 0.1) is 0 Å². The van der Waals surface area contributed by atoms with Gasteiger partial charge in [-0.15, -0.1) is 0 Å². The smallest absolute Gasteiger partial charge is 0.170 e. The van der Waals surface area contributed by atoms with Crippen LogP contribution in [0.4, 0.5) is 5.69 Å². The molecule has 1 fully saturated rings. The maximum Gasteiger partial charge on any atom is 0.170 e. The van der Waals surface area contributed by atoms with E-state index in [-0.39, 0.29) is 11.9 Å². The molecule has 124 valence electrons. The number of hydrogen-bond acceptors (Lipinski definition) is 5. The third-order valence-electron chi connectivity index (χ3n) is 4.79. The second-order valence-electron chi connectivity index (χ2n) is 6.46. The number of nitrogens with zero attached hydrogens (tertiary/aromatic N) is 3. The lowest BCUT2D eigenvalue weighted by atomic mass is 9.98. The number of likely N-dealkylation sites (N-methyl/N-ethyl adjacent to an activating group) is 1. The average Bonchev–Trinajstić information content (AvgIpc) is 2.63. The summed E-state index contributed by atoms with van der Waals surface area (Å²) in [5, 5.41) is 0. The molecule has 1 aromatic carbocycles. The highest BCUT2D eigenvalue weighted by Gasteiger charge is 2.29. The lowest BCUT2D eigenvalue weighted by molar-refractivity contribution is 0.0845. The number of anilines is 1. The van der Waals surface area contributed by atoms with Gasteiger partial charge in [-0.2, -0.15) is 0 Å². The Hall–Kier alpha value is -2.40. The number of piperazine rings is 1. The van der Waals surface area contributed by atoms with Crippen molar-refractivity contribution >= 4 is 11.5 Å². The topological polar surface area (TPSA) is 45.7 Å². The van der Waals surface area contributed by atoms with Crippen LogP contribution in [0.3, 0.4) is 0 Å². The quantitative estimate of drug-likeness (QED) is 0.850. The predicted octanol–water partition coefficient (Wildman–Crippen LogP) is 2.54. The molecule has 3 heterocycles. The minimum atomic E-state index is -0.291. The number of Topliss-reactive ketones (excluding diaryl/α,β-unsaturated/α-hetero) is 1. The number of carbonyl (C=O) groups is 1. The van der Waals surface area contributed by atoms with E-state index in [1.165, 1.54) is 0 Å². The Morgan fingerprint density at radius 3 is 2.71 bits per heavy atom. The number of ether oxygens (including phenoxy) is 1.